The minimum atomic E-state index is -0.596. The summed E-state index contributed by atoms with van der Waals surface area (Å²) >= 11 is 0. The number of carbonyl (C=O) groups is 2. The van der Waals surface area contributed by atoms with E-state index in [2.05, 4.69) is 19.9 Å². The topological polar surface area (TPSA) is 57.6 Å². The Balaban J connectivity index is 1.68. The molecule has 3 saturated carbocycles. The van der Waals surface area contributed by atoms with Crippen molar-refractivity contribution in [3.8, 4) is 0 Å². The zero-order valence-corrected chi connectivity index (χ0v) is 15.0. The van der Waals surface area contributed by atoms with Crippen molar-refractivity contribution in [2.24, 2.45) is 34.5 Å². The van der Waals surface area contributed by atoms with Crippen LogP contribution in [-0.4, -0.2) is 35.0 Å². The van der Waals surface area contributed by atoms with Crippen molar-refractivity contribution in [1.82, 2.24) is 4.90 Å². The lowest BCUT2D eigenvalue weighted by Crippen LogP contribution is -2.59. The summed E-state index contributed by atoms with van der Waals surface area (Å²) in [6.45, 7) is 4.57. The van der Waals surface area contributed by atoms with E-state index in [4.69, 9.17) is 0 Å². The Bertz CT molecular complexity index is 614. The second-order valence-electron chi connectivity index (χ2n) is 9.13. The maximum atomic E-state index is 12.1. The van der Waals surface area contributed by atoms with E-state index >= 15 is 0 Å². The fourth-order valence-electron chi connectivity index (χ4n) is 7.14. The van der Waals surface area contributed by atoms with E-state index in [1.165, 1.54) is 0 Å². The molecule has 4 aliphatic rings. The van der Waals surface area contributed by atoms with Crippen molar-refractivity contribution in [3.63, 3.8) is 0 Å². The highest BCUT2D eigenvalue weighted by atomic mass is 16.4. The molecule has 0 aromatic rings. The summed E-state index contributed by atoms with van der Waals surface area (Å²) in [5, 5.41) is 9.66. The molecule has 4 heteroatoms. The van der Waals surface area contributed by atoms with E-state index in [1.807, 2.05) is 11.9 Å². The number of aliphatic carboxylic acids is 1. The fourth-order valence-corrected chi connectivity index (χ4v) is 7.14. The van der Waals surface area contributed by atoms with Crippen molar-refractivity contribution in [2.45, 2.75) is 58.4 Å². The summed E-state index contributed by atoms with van der Waals surface area (Å²) in [5.74, 6) is 1.09. The average Bonchev–Trinajstić information content (AvgIpc) is 2.89. The normalized spacial score (nSPS) is 50.2. The second-order valence-corrected chi connectivity index (χ2v) is 9.13. The third-order valence-corrected chi connectivity index (χ3v) is 8.43. The van der Waals surface area contributed by atoms with Crippen LogP contribution >= 0.6 is 0 Å². The summed E-state index contributed by atoms with van der Waals surface area (Å²) in [6, 6.07) is 0.303. The quantitative estimate of drug-likeness (QED) is 0.802. The van der Waals surface area contributed by atoms with Gasteiger partial charge in [-0.25, -0.2) is 0 Å². The van der Waals surface area contributed by atoms with Crippen molar-refractivity contribution < 1.29 is 14.7 Å². The average molecular weight is 331 g/mol. The van der Waals surface area contributed by atoms with Crippen LogP contribution in [0.1, 0.15) is 52.4 Å². The van der Waals surface area contributed by atoms with Crippen molar-refractivity contribution >= 4 is 11.9 Å². The van der Waals surface area contributed by atoms with E-state index in [0.717, 1.165) is 38.5 Å². The number of hydrogen-bond acceptors (Lipinski definition) is 2. The van der Waals surface area contributed by atoms with Crippen molar-refractivity contribution in [1.29, 1.82) is 0 Å². The third-order valence-electron chi connectivity index (χ3n) is 8.43. The minimum absolute atomic E-state index is 0.0314. The van der Waals surface area contributed by atoms with Crippen molar-refractivity contribution in [2.75, 3.05) is 7.05 Å². The standard InChI is InChI=1S/C20H29NO3/c1-19-10-8-14-12(13(19)5-6-15(19)18(23)24)4-7-16-20(14,2)11-9-17(22)21(16)3/h9,11-16H,4-8,10H2,1-3H3,(H,23,24)/t12?,13?,14?,15?,16-,19?,20?/m1/s1. The first-order valence-electron chi connectivity index (χ1n) is 9.48. The zero-order chi connectivity index (χ0) is 17.3. The highest BCUT2D eigenvalue weighted by molar-refractivity contribution is 5.89. The molecule has 0 radical (unpaired) electrons. The molecular weight excluding hydrogens is 302 g/mol. The fraction of sp³-hybridized carbons (Fsp3) is 0.800. The van der Waals surface area contributed by atoms with Gasteiger partial charge in [0.1, 0.15) is 0 Å². The Hall–Kier alpha value is -1.32. The maximum absolute atomic E-state index is 12.1. The molecule has 6 unspecified atom stereocenters. The van der Waals surface area contributed by atoms with Gasteiger partial charge in [-0.15, -0.1) is 0 Å². The number of amides is 1. The van der Waals surface area contributed by atoms with Crippen LogP contribution in [0.25, 0.3) is 0 Å². The molecule has 3 aliphatic carbocycles. The lowest BCUT2D eigenvalue weighted by atomic mass is 9.47. The van der Waals surface area contributed by atoms with Gasteiger partial charge in [0.25, 0.3) is 0 Å². The molecule has 3 fully saturated rings. The van der Waals surface area contributed by atoms with Crippen LogP contribution in [-0.2, 0) is 9.59 Å². The number of carboxylic acids is 1. The Morgan fingerprint density at radius 1 is 1.17 bits per heavy atom. The van der Waals surface area contributed by atoms with E-state index in [9.17, 15) is 14.7 Å². The van der Waals surface area contributed by atoms with Crippen molar-refractivity contribution in [3.05, 3.63) is 12.2 Å². The number of carbonyl (C=O) groups excluding carboxylic acids is 1. The molecule has 0 bridgehead atoms. The van der Waals surface area contributed by atoms with E-state index in [0.29, 0.717) is 23.8 Å². The molecule has 4 rings (SSSR count). The summed E-state index contributed by atoms with van der Waals surface area (Å²) in [6.07, 6.45) is 10.2. The molecule has 132 valence electrons. The number of fused-ring (bicyclic) bond motifs is 5. The first-order valence-corrected chi connectivity index (χ1v) is 9.48. The zero-order valence-electron chi connectivity index (χ0n) is 15.0. The lowest BCUT2D eigenvalue weighted by molar-refractivity contribution is -0.152. The van der Waals surface area contributed by atoms with Gasteiger partial charge in [0.15, 0.2) is 0 Å². The van der Waals surface area contributed by atoms with Gasteiger partial charge in [0.05, 0.1) is 5.92 Å². The predicted molar refractivity (Wildman–Crippen MR) is 91.2 cm³/mol. The largest absolute Gasteiger partial charge is 0.481 e. The number of likely N-dealkylation sites (N-methyl/N-ethyl adjacent to an activating group) is 1. The highest BCUT2D eigenvalue weighted by Gasteiger charge is 2.61. The lowest BCUT2D eigenvalue weighted by Gasteiger charge is -2.60. The van der Waals surface area contributed by atoms with Gasteiger partial charge >= 0.3 is 5.97 Å². The number of carboxylic acid groups (broad SMARTS) is 1. The van der Waals surface area contributed by atoms with Gasteiger partial charge in [-0.2, -0.15) is 0 Å². The van der Waals surface area contributed by atoms with Gasteiger partial charge in [-0.1, -0.05) is 19.9 Å². The number of hydrogen-bond donors (Lipinski definition) is 1. The molecule has 1 aliphatic heterocycles. The Kier molecular flexibility index (Phi) is 3.43. The van der Waals surface area contributed by atoms with E-state index in [1.54, 1.807) is 6.08 Å². The SMILES string of the molecule is CN1C(=O)C=CC2(C)C3CCC4(C)C(C(=O)O)CCC4C3CC[C@@H]12. The van der Waals surface area contributed by atoms with Crippen LogP contribution in [0.3, 0.4) is 0 Å². The third kappa shape index (κ3) is 1.91. The second kappa shape index (κ2) is 5.09. The van der Waals surface area contributed by atoms with Gasteiger partial charge in [0.2, 0.25) is 5.91 Å². The smallest absolute Gasteiger partial charge is 0.307 e. The molecule has 7 atom stereocenters. The molecule has 0 aromatic heterocycles. The highest BCUT2D eigenvalue weighted by Crippen LogP contribution is 2.65. The number of nitrogens with zero attached hydrogens (tertiary/aromatic N) is 1. The molecule has 1 heterocycles. The Morgan fingerprint density at radius 2 is 1.92 bits per heavy atom. The van der Waals surface area contributed by atoms with E-state index < -0.39 is 5.97 Å². The summed E-state index contributed by atoms with van der Waals surface area (Å²) < 4.78 is 0. The molecule has 4 nitrogen and oxygen atoms in total. The molecule has 1 amide bonds. The molecule has 0 spiro atoms. The Labute approximate surface area is 144 Å². The summed E-state index contributed by atoms with van der Waals surface area (Å²) in [5.41, 5.74) is 0.0184. The molecule has 24 heavy (non-hydrogen) atoms. The summed E-state index contributed by atoms with van der Waals surface area (Å²) in [4.78, 5) is 25.8. The van der Waals surface area contributed by atoms with Crippen LogP contribution in [0, 0.1) is 34.5 Å². The maximum Gasteiger partial charge on any atom is 0.307 e. The summed E-state index contributed by atoms with van der Waals surface area (Å²) in [7, 11) is 1.94. The molecule has 0 saturated heterocycles. The van der Waals surface area contributed by atoms with E-state index in [-0.39, 0.29) is 22.7 Å². The van der Waals surface area contributed by atoms with Crippen LogP contribution < -0.4 is 0 Å². The van der Waals surface area contributed by atoms with Crippen LogP contribution in [0.2, 0.25) is 0 Å². The molecular formula is C20H29NO3. The van der Waals surface area contributed by atoms with Gasteiger partial charge in [-0.3, -0.25) is 9.59 Å². The molecule has 0 aromatic carbocycles. The first-order chi connectivity index (χ1) is 11.3. The van der Waals surface area contributed by atoms with Gasteiger partial charge in [0, 0.05) is 18.5 Å². The van der Waals surface area contributed by atoms with Gasteiger partial charge < -0.3 is 10.0 Å². The first kappa shape index (κ1) is 16.2. The number of rotatable bonds is 1. The van der Waals surface area contributed by atoms with Gasteiger partial charge in [-0.05, 0) is 67.8 Å². The predicted octanol–water partition coefficient (Wildman–Crippen LogP) is 3.33. The monoisotopic (exact) mass is 331 g/mol. The minimum Gasteiger partial charge on any atom is -0.481 e. The molecule has 1 N–H and O–H groups in total. The van der Waals surface area contributed by atoms with Crippen LogP contribution in [0.4, 0.5) is 0 Å². The van der Waals surface area contributed by atoms with Crippen LogP contribution in [0.15, 0.2) is 12.2 Å². The van der Waals surface area contributed by atoms with Crippen LogP contribution in [0.5, 0.6) is 0 Å². The Morgan fingerprint density at radius 3 is 2.62 bits per heavy atom.